The van der Waals surface area contributed by atoms with E-state index in [1.165, 1.54) is 0 Å². The third-order valence-electron chi connectivity index (χ3n) is 7.10. The molecule has 0 unspecified atom stereocenters. The summed E-state index contributed by atoms with van der Waals surface area (Å²) < 4.78 is 25.9. The lowest BCUT2D eigenvalue weighted by molar-refractivity contribution is 0.0844. The minimum absolute atomic E-state index is 0.0285. The highest BCUT2D eigenvalue weighted by Gasteiger charge is 2.33. The molecule has 1 saturated heterocycles. The number of ketones is 1. The van der Waals surface area contributed by atoms with Gasteiger partial charge < -0.3 is 4.98 Å². The zero-order chi connectivity index (χ0) is 24.7. The lowest BCUT2D eigenvalue weighted by atomic mass is 9.95. The van der Waals surface area contributed by atoms with Crippen molar-refractivity contribution in [1.29, 1.82) is 0 Å². The Hall–Kier alpha value is -3.23. The molecule has 0 radical (unpaired) electrons. The SMILES string of the molecule is Cc1nn([C@@H]2CCS(=O)(=O)C2)c(C)c1CN(C)[C@H](C(=O)c1c[nH]c2ccccc12)c1ccccc1. The number of aromatic amines is 1. The zero-order valence-electron chi connectivity index (χ0n) is 20.2. The van der Waals surface area contributed by atoms with Crippen molar-refractivity contribution in [3.8, 4) is 0 Å². The number of nitrogens with zero attached hydrogens (tertiary/aromatic N) is 3. The normalized spacial score (nSPS) is 18.3. The van der Waals surface area contributed by atoms with E-state index in [9.17, 15) is 13.2 Å². The van der Waals surface area contributed by atoms with E-state index < -0.39 is 15.9 Å². The van der Waals surface area contributed by atoms with Crippen LogP contribution in [-0.4, -0.2) is 52.4 Å². The molecule has 0 spiro atoms. The molecule has 2 aromatic carbocycles. The predicted octanol–water partition coefficient (Wildman–Crippen LogP) is 4.40. The number of Topliss-reactive ketones (excluding diaryl/α,β-unsaturated/α-hetero) is 1. The fraction of sp³-hybridized carbons (Fsp3) is 0.333. The van der Waals surface area contributed by atoms with Crippen molar-refractivity contribution < 1.29 is 13.2 Å². The first kappa shape index (κ1) is 23.5. The van der Waals surface area contributed by atoms with Gasteiger partial charge in [0.25, 0.3) is 0 Å². The van der Waals surface area contributed by atoms with Crippen molar-refractivity contribution in [2.45, 2.75) is 38.9 Å². The molecular weight excluding hydrogens is 460 g/mol. The zero-order valence-corrected chi connectivity index (χ0v) is 21.0. The summed E-state index contributed by atoms with van der Waals surface area (Å²) in [6.07, 6.45) is 2.39. The summed E-state index contributed by atoms with van der Waals surface area (Å²) in [6.45, 7) is 4.47. The number of para-hydroxylation sites is 1. The fourth-order valence-corrected chi connectivity index (χ4v) is 6.95. The van der Waals surface area contributed by atoms with E-state index in [1.807, 2.05) is 80.2 Å². The van der Waals surface area contributed by atoms with E-state index in [2.05, 4.69) is 9.88 Å². The number of aryl methyl sites for hydroxylation is 1. The minimum Gasteiger partial charge on any atom is -0.360 e. The Morgan fingerprint density at radius 3 is 2.57 bits per heavy atom. The van der Waals surface area contributed by atoms with Crippen molar-refractivity contribution >= 4 is 26.5 Å². The number of carbonyl (C=O) groups is 1. The Morgan fingerprint density at radius 1 is 1.14 bits per heavy atom. The Labute approximate surface area is 205 Å². The average Bonchev–Trinajstić information content (AvgIpc) is 3.51. The van der Waals surface area contributed by atoms with Crippen molar-refractivity contribution in [3.05, 3.63) is 88.9 Å². The van der Waals surface area contributed by atoms with E-state index in [0.717, 1.165) is 33.4 Å². The lowest BCUT2D eigenvalue weighted by Gasteiger charge is -2.27. The second-order valence-electron chi connectivity index (χ2n) is 9.49. The van der Waals surface area contributed by atoms with Crippen molar-refractivity contribution in [2.75, 3.05) is 18.6 Å². The first-order valence-electron chi connectivity index (χ1n) is 11.9. The molecule has 1 fully saturated rings. The van der Waals surface area contributed by atoms with Crippen LogP contribution in [0.4, 0.5) is 0 Å². The average molecular weight is 491 g/mol. The molecule has 8 heteroatoms. The van der Waals surface area contributed by atoms with Gasteiger partial charge in [-0.3, -0.25) is 14.4 Å². The molecule has 35 heavy (non-hydrogen) atoms. The van der Waals surface area contributed by atoms with Gasteiger partial charge in [-0.15, -0.1) is 0 Å². The van der Waals surface area contributed by atoms with Gasteiger partial charge in [0, 0.05) is 40.5 Å². The number of rotatable bonds is 7. The molecule has 0 saturated carbocycles. The maximum Gasteiger partial charge on any atom is 0.186 e. The quantitative estimate of drug-likeness (QED) is 0.388. The second-order valence-corrected chi connectivity index (χ2v) is 11.7. The molecule has 182 valence electrons. The van der Waals surface area contributed by atoms with E-state index in [-0.39, 0.29) is 23.3 Å². The van der Waals surface area contributed by atoms with Gasteiger partial charge in [0.2, 0.25) is 0 Å². The largest absolute Gasteiger partial charge is 0.360 e. The minimum atomic E-state index is -3.01. The number of hydrogen-bond donors (Lipinski definition) is 1. The van der Waals surface area contributed by atoms with Crippen LogP contribution in [0.2, 0.25) is 0 Å². The number of aromatic nitrogens is 3. The topological polar surface area (TPSA) is 88.1 Å². The summed E-state index contributed by atoms with van der Waals surface area (Å²) in [5, 5.41) is 5.63. The summed E-state index contributed by atoms with van der Waals surface area (Å²) in [4.78, 5) is 19.2. The number of sulfone groups is 1. The number of benzene rings is 2. The molecule has 0 amide bonds. The van der Waals surface area contributed by atoms with Crippen LogP contribution in [0, 0.1) is 13.8 Å². The first-order valence-corrected chi connectivity index (χ1v) is 13.7. The Bertz CT molecular complexity index is 1490. The highest BCUT2D eigenvalue weighted by Crippen LogP contribution is 2.31. The fourth-order valence-electron chi connectivity index (χ4n) is 5.25. The Balaban J connectivity index is 1.49. The van der Waals surface area contributed by atoms with Crippen LogP contribution in [0.1, 0.15) is 51.4 Å². The van der Waals surface area contributed by atoms with Crippen LogP contribution >= 0.6 is 0 Å². The maximum atomic E-state index is 14.0. The van der Waals surface area contributed by atoms with Crippen molar-refractivity contribution in [2.24, 2.45) is 0 Å². The van der Waals surface area contributed by atoms with Crippen molar-refractivity contribution in [3.63, 3.8) is 0 Å². The number of hydrogen-bond acceptors (Lipinski definition) is 5. The predicted molar refractivity (Wildman–Crippen MR) is 137 cm³/mol. The van der Waals surface area contributed by atoms with Gasteiger partial charge in [-0.25, -0.2) is 8.42 Å². The highest BCUT2D eigenvalue weighted by atomic mass is 32.2. The van der Waals surface area contributed by atoms with E-state index in [1.54, 1.807) is 6.20 Å². The van der Waals surface area contributed by atoms with Gasteiger partial charge in [0.15, 0.2) is 15.6 Å². The summed E-state index contributed by atoms with van der Waals surface area (Å²) in [5.41, 5.74) is 5.39. The summed E-state index contributed by atoms with van der Waals surface area (Å²) in [7, 11) is -1.05. The highest BCUT2D eigenvalue weighted by molar-refractivity contribution is 7.91. The molecule has 7 nitrogen and oxygen atoms in total. The van der Waals surface area contributed by atoms with Gasteiger partial charge in [-0.1, -0.05) is 48.5 Å². The standard InChI is InChI=1S/C27H30N4O3S/c1-18-24(19(2)31(29-18)21-13-14-35(33,34)17-21)16-30(3)26(20-9-5-4-6-10-20)27(32)23-15-28-25-12-8-7-11-22(23)25/h4-12,15,21,26,28H,13-14,16-17H2,1-3H3/t21-,26+/m1/s1. The number of carbonyl (C=O) groups excluding carboxylic acids is 1. The lowest BCUT2D eigenvalue weighted by Crippen LogP contribution is -2.31. The van der Waals surface area contributed by atoms with E-state index >= 15 is 0 Å². The molecule has 2 aromatic heterocycles. The van der Waals surface area contributed by atoms with Crippen LogP contribution in [-0.2, 0) is 16.4 Å². The van der Waals surface area contributed by atoms with Gasteiger partial charge >= 0.3 is 0 Å². The molecular formula is C27H30N4O3S. The van der Waals surface area contributed by atoms with Gasteiger partial charge in [-0.05, 0) is 38.9 Å². The number of likely N-dealkylation sites (N-methyl/N-ethyl adjacent to an activating group) is 1. The molecule has 5 rings (SSSR count). The van der Waals surface area contributed by atoms with Crippen LogP contribution in [0.3, 0.4) is 0 Å². The first-order chi connectivity index (χ1) is 16.7. The maximum absolute atomic E-state index is 14.0. The molecule has 1 aliphatic heterocycles. The molecule has 0 aliphatic carbocycles. The van der Waals surface area contributed by atoms with Crippen LogP contribution in [0.25, 0.3) is 10.9 Å². The van der Waals surface area contributed by atoms with Gasteiger partial charge in [-0.2, -0.15) is 5.10 Å². The monoisotopic (exact) mass is 490 g/mol. The van der Waals surface area contributed by atoms with Crippen LogP contribution in [0.15, 0.2) is 60.8 Å². The molecule has 3 heterocycles. The summed E-state index contributed by atoms with van der Waals surface area (Å²) in [6, 6.07) is 17.0. The smallest absolute Gasteiger partial charge is 0.186 e. The Kier molecular flexibility index (Phi) is 6.11. The van der Waals surface area contributed by atoms with Gasteiger partial charge in [0.05, 0.1) is 29.3 Å². The third kappa shape index (κ3) is 4.44. The second kappa shape index (κ2) is 9.09. The van der Waals surface area contributed by atoms with Crippen molar-refractivity contribution in [1.82, 2.24) is 19.7 Å². The van der Waals surface area contributed by atoms with E-state index in [4.69, 9.17) is 5.10 Å². The molecule has 2 atom stereocenters. The number of H-pyrrole nitrogens is 1. The molecule has 4 aromatic rings. The number of nitrogens with one attached hydrogen (secondary N) is 1. The molecule has 0 bridgehead atoms. The molecule has 1 aliphatic rings. The van der Waals surface area contributed by atoms with Crippen LogP contribution in [0.5, 0.6) is 0 Å². The van der Waals surface area contributed by atoms with E-state index in [0.29, 0.717) is 18.5 Å². The Morgan fingerprint density at radius 2 is 1.86 bits per heavy atom. The third-order valence-corrected chi connectivity index (χ3v) is 8.85. The van der Waals surface area contributed by atoms with Crippen LogP contribution < -0.4 is 0 Å². The summed E-state index contributed by atoms with van der Waals surface area (Å²) in [5.74, 6) is 0.372. The molecule has 1 N–H and O–H groups in total. The van der Waals surface area contributed by atoms with Gasteiger partial charge in [0.1, 0.15) is 0 Å². The summed E-state index contributed by atoms with van der Waals surface area (Å²) >= 11 is 0. The number of fused-ring (bicyclic) bond motifs is 1.